The van der Waals surface area contributed by atoms with Crippen LogP contribution in [0, 0.1) is 0 Å². The van der Waals surface area contributed by atoms with E-state index in [0.29, 0.717) is 19.7 Å². The van der Waals surface area contributed by atoms with Crippen LogP contribution in [0.3, 0.4) is 0 Å². The molecule has 1 fully saturated rings. The summed E-state index contributed by atoms with van der Waals surface area (Å²) in [7, 11) is 0. The summed E-state index contributed by atoms with van der Waals surface area (Å²) in [5.74, 6) is 0.00459. The summed E-state index contributed by atoms with van der Waals surface area (Å²) in [4.78, 5) is 14.3. The quantitative estimate of drug-likeness (QED) is 0.878. The van der Waals surface area contributed by atoms with Crippen molar-refractivity contribution in [3.63, 3.8) is 0 Å². The molecule has 19 heavy (non-hydrogen) atoms. The average molecular weight is 266 g/mol. The van der Waals surface area contributed by atoms with E-state index in [2.05, 4.69) is 0 Å². The molecule has 0 radical (unpaired) electrons. The maximum Gasteiger partial charge on any atom is 0.248 e. The third-order valence-electron chi connectivity index (χ3n) is 3.68. The van der Waals surface area contributed by atoms with Crippen molar-refractivity contribution in [2.45, 2.75) is 38.5 Å². The summed E-state index contributed by atoms with van der Waals surface area (Å²) >= 11 is 0. The highest BCUT2D eigenvalue weighted by Crippen LogP contribution is 2.23. The Morgan fingerprint density at radius 1 is 1.37 bits per heavy atom. The Bertz CT molecular complexity index is 428. The monoisotopic (exact) mass is 266 g/mol. The van der Waals surface area contributed by atoms with Crippen molar-refractivity contribution in [2.24, 2.45) is 0 Å². The zero-order chi connectivity index (χ0) is 14.0. The summed E-state index contributed by atoms with van der Waals surface area (Å²) in [5, 5.41) is 9.91. The van der Waals surface area contributed by atoms with Crippen LogP contribution in [0.15, 0.2) is 24.5 Å². The van der Waals surface area contributed by atoms with Crippen molar-refractivity contribution in [1.82, 2.24) is 9.47 Å². The molecule has 0 aromatic carbocycles. The van der Waals surface area contributed by atoms with E-state index in [9.17, 15) is 9.90 Å². The van der Waals surface area contributed by atoms with Gasteiger partial charge in [-0.25, -0.2) is 0 Å². The number of rotatable bonds is 4. The highest BCUT2D eigenvalue weighted by molar-refractivity contribution is 5.84. The van der Waals surface area contributed by atoms with Crippen molar-refractivity contribution in [3.05, 3.63) is 24.5 Å². The van der Waals surface area contributed by atoms with Gasteiger partial charge in [0.05, 0.1) is 6.10 Å². The maximum atomic E-state index is 12.6. The van der Waals surface area contributed by atoms with Crippen LogP contribution in [-0.2, 0) is 15.1 Å². The number of nitrogens with zero attached hydrogens (tertiary/aromatic N) is 2. The van der Waals surface area contributed by atoms with Gasteiger partial charge in [0.25, 0.3) is 0 Å². The van der Waals surface area contributed by atoms with E-state index >= 15 is 0 Å². The molecular formula is C14H22N2O3. The fourth-order valence-corrected chi connectivity index (χ4v) is 2.51. The summed E-state index contributed by atoms with van der Waals surface area (Å²) < 4.78 is 7.33. The van der Waals surface area contributed by atoms with Gasteiger partial charge in [0.2, 0.25) is 5.91 Å². The first-order chi connectivity index (χ1) is 8.96. The Kier molecular flexibility index (Phi) is 3.96. The summed E-state index contributed by atoms with van der Waals surface area (Å²) in [6, 6.07) is 3.80. The third-order valence-corrected chi connectivity index (χ3v) is 3.68. The number of carbonyl (C=O) groups excluding carboxylic acids is 1. The van der Waals surface area contributed by atoms with E-state index in [-0.39, 0.29) is 12.0 Å². The van der Waals surface area contributed by atoms with Gasteiger partial charge in [-0.3, -0.25) is 4.79 Å². The first-order valence-corrected chi connectivity index (χ1v) is 6.69. The van der Waals surface area contributed by atoms with Crippen LogP contribution in [0.1, 0.15) is 20.8 Å². The van der Waals surface area contributed by atoms with Gasteiger partial charge in [-0.15, -0.1) is 0 Å². The molecule has 2 heterocycles. The van der Waals surface area contributed by atoms with E-state index < -0.39 is 11.6 Å². The molecule has 1 aromatic rings. The molecule has 5 heteroatoms. The largest absolute Gasteiger partial charge is 0.388 e. The predicted octanol–water partition coefficient (Wildman–Crippen LogP) is 0.831. The van der Waals surface area contributed by atoms with Crippen molar-refractivity contribution >= 4 is 5.91 Å². The number of ether oxygens (including phenoxy) is 1. The Balaban J connectivity index is 2.09. The second kappa shape index (κ2) is 5.35. The lowest BCUT2D eigenvalue weighted by Crippen LogP contribution is -2.46. The number of aromatic nitrogens is 1. The number of likely N-dealkylation sites (tertiary alicyclic amines) is 1. The highest BCUT2D eigenvalue weighted by Gasteiger charge is 2.40. The van der Waals surface area contributed by atoms with Gasteiger partial charge in [0.15, 0.2) is 0 Å². The van der Waals surface area contributed by atoms with Crippen LogP contribution in [0.5, 0.6) is 0 Å². The smallest absolute Gasteiger partial charge is 0.248 e. The molecule has 2 atom stereocenters. The fraction of sp³-hybridized carbons (Fsp3) is 0.643. The Hall–Kier alpha value is -1.33. The van der Waals surface area contributed by atoms with Gasteiger partial charge >= 0.3 is 0 Å². The third kappa shape index (κ3) is 2.67. The molecule has 5 nitrogen and oxygen atoms in total. The molecule has 1 aromatic heterocycles. The number of hydrogen-bond donors (Lipinski definition) is 1. The molecule has 2 rings (SSSR count). The maximum absolute atomic E-state index is 12.6. The Morgan fingerprint density at radius 2 is 2.00 bits per heavy atom. The molecule has 0 bridgehead atoms. The van der Waals surface area contributed by atoms with E-state index in [0.717, 1.165) is 0 Å². The minimum absolute atomic E-state index is 0.00459. The molecule has 1 aliphatic heterocycles. The molecule has 0 aliphatic carbocycles. The molecular weight excluding hydrogens is 244 g/mol. The summed E-state index contributed by atoms with van der Waals surface area (Å²) in [5.41, 5.74) is -0.648. The Labute approximate surface area is 113 Å². The molecule has 1 aliphatic rings. The Morgan fingerprint density at radius 3 is 2.58 bits per heavy atom. The lowest BCUT2D eigenvalue weighted by atomic mass is 10.0. The topological polar surface area (TPSA) is 54.7 Å². The van der Waals surface area contributed by atoms with Gasteiger partial charge in [0, 0.05) is 32.1 Å². The molecule has 106 valence electrons. The van der Waals surface area contributed by atoms with Crippen molar-refractivity contribution < 1.29 is 14.6 Å². The first kappa shape index (κ1) is 14.1. The van der Waals surface area contributed by atoms with Gasteiger partial charge in [-0.05, 0) is 32.9 Å². The molecule has 1 amide bonds. The SMILES string of the molecule is CCO[C@@H]1CN(C(=O)C(C)(C)n2cccc2)C[C@H]1O. The molecule has 1 N–H and O–H groups in total. The van der Waals surface area contributed by atoms with E-state index in [1.54, 1.807) is 4.90 Å². The standard InChI is InChI=1S/C14H22N2O3/c1-4-19-12-10-15(9-11(12)17)13(18)14(2,3)16-7-5-6-8-16/h5-8,11-12,17H,4,9-10H2,1-3H3/t11-,12-/m1/s1. The second-order valence-electron chi connectivity index (χ2n) is 5.42. The van der Waals surface area contributed by atoms with Gasteiger partial charge in [-0.1, -0.05) is 0 Å². The normalized spacial score (nSPS) is 23.9. The second-order valence-corrected chi connectivity index (χ2v) is 5.42. The van der Waals surface area contributed by atoms with Gasteiger partial charge in [-0.2, -0.15) is 0 Å². The summed E-state index contributed by atoms with van der Waals surface area (Å²) in [6.07, 6.45) is 2.90. The van der Waals surface area contributed by atoms with Crippen LogP contribution in [0.25, 0.3) is 0 Å². The van der Waals surface area contributed by atoms with Crippen LogP contribution in [0.4, 0.5) is 0 Å². The van der Waals surface area contributed by atoms with Crippen LogP contribution in [0.2, 0.25) is 0 Å². The number of hydrogen-bond acceptors (Lipinski definition) is 3. The molecule has 0 spiro atoms. The van der Waals surface area contributed by atoms with Crippen molar-refractivity contribution in [3.8, 4) is 0 Å². The van der Waals surface area contributed by atoms with Crippen LogP contribution in [-0.4, -0.2) is 52.4 Å². The lowest BCUT2D eigenvalue weighted by molar-refractivity contribution is -0.138. The highest BCUT2D eigenvalue weighted by atomic mass is 16.5. The minimum atomic E-state index is -0.648. The van der Waals surface area contributed by atoms with Crippen LogP contribution >= 0.6 is 0 Å². The first-order valence-electron chi connectivity index (χ1n) is 6.69. The van der Waals surface area contributed by atoms with Gasteiger partial charge in [0.1, 0.15) is 11.6 Å². The molecule has 0 saturated carbocycles. The fourth-order valence-electron chi connectivity index (χ4n) is 2.51. The average Bonchev–Trinajstić information content (AvgIpc) is 2.99. The van der Waals surface area contributed by atoms with Crippen LogP contribution < -0.4 is 0 Å². The van der Waals surface area contributed by atoms with Crippen molar-refractivity contribution in [2.75, 3.05) is 19.7 Å². The van der Waals surface area contributed by atoms with Crippen molar-refractivity contribution in [1.29, 1.82) is 0 Å². The summed E-state index contributed by atoms with van der Waals surface area (Å²) in [6.45, 7) is 7.00. The zero-order valence-electron chi connectivity index (χ0n) is 11.7. The minimum Gasteiger partial charge on any atom is -0.388 e. The number of amides is 1. The number of aliphatic hydroxyl groups excluding tert-OH is 1. The van der Waals surface area contributed by atoms with Gasteiger partial charge < -0.3 is 19.3 Å². The lowest BCUT2D eigenvalue weighted by Gasteiger charge is -2.30. The number of β-amino-alcohol motifs (C(OH)–C–C–N with tert-alkyl or cyclic N) is 1. The number of aliphatic hydroxyl groups is 1. The van der Waals surface area contributed by atoms with E-state index in [1.807, 2.05) is 49.9 Å². The van der Waals surface area contributed by atoms with E-state index in [1.165, 1.54) is 0 Å². The predicted molar refractivity (Wildman–Crippen MR) is 71.8 cm³/mol. The molecule has 0 unspecified atom stereocenters. The zero-order valence-corrected chi connectivity index (χ0v) is 11.7. The number of carbonyl (C=O) groups is 1. The molecule has 1 saturated heterocycles. The van der Waals surface area contributed by atoms with E-state index in [4.69, 9.17) is 4.74 Å².